The van der Waals surface area contributed by atoms with Gasteiger partial charge in [-0.2, -0.15) is 0 Å². The number of furan rings is 1. The molecule has 0 radical (unpaired) electrons. The summed E-state index contributed by atoms with van der Waals surface area (Å²) in [7, 11) is 0. The molecule has 6 nitrogen and oxygen atoms in total. The Hall–Kier alpha value is -3.94. The third-order valence-electron chi connectivity index (χ3n) is 6.50. The molecule has 0 aliphatic heterocycles. The van der Waals surface area contributed by atoms with E-state index in [1.807, 2.05) is 49.4 Å². The Morgan fingerprint density at radius 3 is 2.50 bits per heavy atom. The van der Waals surface area contributed by atoms with Crippen LogP contribution in [0.5, 0.6) is 0 Å². The van der Waals surface area contributed by atoms with E-state index in [2.05, 4.69) is 41.6 Å². The number of rotatable bonds is 6. The van der Waals surface area contributed by atoms with Crippen molar-refractivity contribution in [3.63, 3.8) is 0 Å². The zero-order chi connectivity index (χ0) is 26.8. The molecular formula is C30H26ClN3O3S. The number of benzene rings is 3. The lowest BCUT2D eigenvalue weighted by atomic mass is 9.98. The van der Waals surface area contributed by atoms with Gasteiger partial charge in [0.1, 0.15) is 11.3 Å². The first-order valence-electron chi connectivity index (χ1n) is 12.3. The van der Waals surface area contributed by atoms with Crippen molar-refractivity contribution < 1.29 is 13.6 Å². The molecule has 0 aliphatic carbocycles. The van der Waals surface area contributed by atoms with Gasteiger partial charge in [0, 0.05) is 21.8 Å². The molecule has 0 unspecified atom stereocenters. The van der Waals surface area contributed by atoms with Gasteiger partial charge in [0.05, 0.1) is 0 Å². The number of fused-ring (bicyclic) bond motifs is 1. The standard InChI is InChI=1S/C30H26ClN3O3S/c1-4-17(2)20-9-12-26-24(16-20)33-29(37-26)19-7-10-22(11-8-19)32-30(38)34-28(35)27-14-13-25(36-27)21-6-5-18(3)23(31)15-21/h5-17H,4H2,1-3H3,(H2,32,34,35,38)/t17-/m0/s1. The highest BCUT2D eigenvalue weighted by molar-refractivity contribution is 7.80. The van der Waals surface area contributed by atoms with Gasteiger partial charge in [-0.05, 0) is 97.2 Å². The fourth-order valence-corrected chi connectivity index (χ4v) is 4.39. The summed E-state index contributed by atoms with van der Waals surface area (Å²) in [6.07, 6.45) is 1.07. The molecule has 0 saturated carbocycles. The third kappa shape index (κ3) is 5.49. The Labute approximate surface area is 231 Å². The molecule has 0 saturated heterocycles. The predicted octanol–water partition coefficient (Wildman–Crippen LogP) is 8.36. The number of hydrogen-bond acceptors (Lipinski definition) is 5. The fourth-order valence-electron chi connectivity index (χ4n) is 3.99. The first-order valence-corrected chi connectivity index (χ1v) is 13.1. The van der Waals surface area contributed by atoms with Crippen molar-refractivity contribution in [1.82, 2.24) is 10.3 Å². The maximum absolute atomic E-state index is 12.6. The lowest BCUT2D eigenvalue weighted by molar-refractivity contribution is 0.0951. The lowest BCUT2D eigenvalue weighted by Gasteiger charge is -2.09. The largest absolute Gasteiger partial charge is 0.451 e. The Morgan fingerprint density at radius 2 is 1.76 bits per heavy atom. The second-order valence-corrected chi connectivity index (χ2v) is 9.98. The highest BCUT2D eigenvalue weighted by Gasteiger charge is 2.15. The van der Waals surface area contributed by atoms with Crippen LogP contribution in [0.1, 0.15) is 47.9 Å². The van der Waals surface area contributed by atoms with Crippen LogP contribution in [0.2, 0.25) is 5.02 Å². The van der Waals surface area contributed by atoms with Crippen LogP contribution in [-0.4, -0.2) is 16.0 Å². The lowest BCUT2D eigenvalue weighted by Crippen LogP contribution is -2.33. The van der Waals surface area contributed by atoms with Gasteiger partial charge < -0.3 is 14.2 Å². The van der Waals surface area contributed by atoms with Crippen molar-refractivity contribution in [2.24, 2.45) is 0 Å². The molecule has 1 atom stereocenters. The number of anilines is 1. The van der Waals surface area contributed by atoms with Gasteiger partial charge in [-0.15, -0.1) is 0 Å². The SMILES string of the molecule is CC[C@H](C)c1ccc2oc(-c3ccc(NC(=S)NC(=O)c4ccc(-c5ccc(C)c(Cl)c5)o4)cc3)nc2c1. The Balaban J connectivity index is 1.22. The zero-order valence-electron chi connectivity index (χ0n) is 21.2. The van der Waals surface area contributed by atoms with Crippen LogP contribution in [0.25, 0.3) is 33.9 Å². The van der Waals surface area contributed by atoms with E-state index in [1.54, 1.807) is 18.2 Å². The summed E-state index contributed by atoms with van der Waals surface area (Å²) in [5.41, 5.74) is 6.15. The normalized spacial score (nSPS) is 11.9. The van der Waals surface area contributed by atoms with Crippen molar-refractivity contribution in [2.45, 2.75) is 33.1 Å². The van der Waals surface area contributed by atoms with E-state index in [9.17, 15) is 4.79 Å². The summed E-state index contributed by atoms with van der Waals surface area (Å²) < 4.78 is 11.7. The number of thiocarbonyl (C=S) groups is 1. The number of nitrogens with zero attached hydrogens (tertiary/aromatic N) is 1. The van der Waals surface area contributed by atoms with Crippen LogP contribution >= 0.6 is 23.8 Å². The van der Waals surface area contributed by atoms with E-state index in [1.165, 1.54) is 5.56 Å². The molecule has 8 heteroatoms. The number of hydrogen-bond donors (Lipinski definition) is 2. The van der Waals surface area contributed by atoms with Gasteiger partial charge in [-0.3, -0.25) is 10.1 Å². The molecule has 0 bridgehead atoms. The summed E-state index contributed by atoms with van der Waals surface area (Å²) in [5, 5.41) is 6.44. The van der Waals surface area contributed by atoms with E-state index >= 15 is 0 Å². The van der Waals surface area contributed by atoms with Crippen LogP contribution in [0.3, 0.4) is 0 Å². The minimum absolute atomic E-state index is 0.142. The molecule has 5 aromatic rings. The predicted molar refractivity (Wildman–Crippen MR) is 156 cm³/mol. The van der Waals surface area contributed by atoms with Crippen LogP contribution in [0.15, 0.2) is 81.6 Å². The molecule has 5 rings (SSSR count). The third-order valence-corrected chi connectivity index (χ3v) is 7.11. The number of nitrogens with one attached hydrogen (secondary N) is 2. The molecular weight excluding hydrogens is 518 g/mol. The summed E-state index contributed by atoms with van der Waals surface area (Å²) >= 11 is 11.5. The van der Waals surface area contributed by atoms with E-state index in [4.69, 9.17) is 32.7 Å². The van der Waals surface area contributed by atoms with Gasteiger partial charge in [0.15, 0.2) is 16.5 Å². The summed E-state index contributed by atoms with van der Waals surface area (Å²) in [6.45, 7) is 6.30. The van der Waals surface area contributed by atoms with E-state index in [0.29, 0.717) is 28.3 Å². The molecule has 0 aliphatic rings. The molecule has 3 aromatic carbocycles. The van der Waals surface area contributed by atoms with Crippen molar-refractivity contribution in [1.29, 1.82) is 0 Å². The number of aryl methyl sites for hydroxylation is 1. The average Bonchev–Trinajstić information content (AvgIpc) is 3.57. The first kappa shape index (κ1) is 25.7. The average molecular weight is 544 g/mol. The zero-order valence-corrected chi connectivity index (χ0v) is 22.7. The van der Waals surface area contributed by atoms with Crippen LogP contribution in [0, 0.1) is 6.92 Å². The molecule has 2 aromatic heterocycles. The van der Waals surface area contributed by atoms with Crippen molar-refractivity contribution >= 4 is 51.6 Å². The van der Waals surface area contributed by atoms with Gasteiger partial charge in [0.2, 0.25) is 5.89 Å². The molecule has 192 valence electrons. The van der Waals surface area contributed by atoms with E-state index < -0.39 is 5.91 Å². The fraction of sp³-hybridized carbons (Fsp3) is 0.167. The van der Waals surface area contributed by atoms with Crippen molar-refractivity contribution in [3.8, 4) is 22.8 Å². The number of aromatic nitrogens is 1. The van der Waals surface area contributed by atoms with Crippen molar-refractivity contribution in [3.05, 3.63) is 94.7 Å². The maximum atomic E-state index is 12.6. The van der Waals surface area contributed by atoms with Crippen molar-refractivity contribution in [2.75, 3.05) is 5.32 Å². The van der Waals surface area contributed by atoms with Crippen LogP contribution in [-0.2, 0) is 0 Å². The highest BCUT2D eigenvalue weighted by Crippen LogP contribution is 2.29. The van der Waals surface area contributed by atoms with Gasteiger partial charge >= 0.3 is 0 Å². The Morgan fingerprint density at radius 1 is 1.00 bits per heavy atom. The molecule has 2 N–H and O–H groups in total. The van der Waals surface area contributed by atoms with Crippen LogP contribution < -0.4 is 10.6 Å². The first-order chi connectivity index (χ1) is 18.3. The Kier molecular flexibility index (Phi) is 7.31. The molecule has 38 heavy (non-hydrogen) atoms. The maximum Gasteiger partial charge on any atom is 0.293 e. The highest BCUT2D eigenvalue weighted by atomic mass is 35.5. The number of oxazole rings is 1. The molecule has 0 fully saturated rings. The van der Waals surface area contributed by atoms with Crippen LogP contribution in [0.4, 0.5) is 5.69 Å². The van der Waals surface area contributed by atoms with E-state index in [-0.39, 0.29) is 10.9 Å². The second kappa shape index (κ2) is 10.8. The van der Waals surface area contributed by atoms with Gasteiger partial charge in [-0.25, -0.2) is 4.98 Å². The molecule has 1 amide bonds. The van der Waals surface area contributed by atoms with E-state index in [0.717, 1.165) is 34.2 Å². The number of carbonyl (C=O) groups is 1. The summed E-state index contributed by atoms with van der Waals surface area (Å²) in [4.78, 5) is 17.3. The smallest absolute Gasteiger partial charge is 0.293 e. The minimum Gasteiger partial charge on any atom is -0.451 e. The summed E-state index contributed by atoms with van der Waals surface area (Å²) in [5.74, 6) is 1.25. The van der Waals surface area contributed by atoms with Gasteiger partial charge in [0.25, 0.3) is 5.91 Å². The summed E-state index contributed by atoms with van der Waals surface area (Å²) in [6, 6.07) is 22.5. The molecule has 0 spiro atoms. The Bertz CT molecular complexity index is 1640. The monoisotopic (exact) mass is 543 g/mol. The second-order valence-electron chi connectivity index (χ2n) is 9.17. The number of halogens is 1. The molecule has 2 heterocycles. The topological polar surface area (TPSA) is 80.3 Å². The number of carbonyl (C=O) groups excluding carboxylic acids is 1. The quantitative estimate of drug-likeness (QED) is 0.209. The van der Waals surface area contributed by atoms with Gasteiger partial charge in [-0.1, -0.05) is 43.6 Å². The minimum atomic E-state index is -0.452. The number of amides is 1.